The molecule has 3 aromatic heterocycles. The van der Waals surface area contributed by atoms with Crippen LogP contribution in [-0.2, 0) is 60.4 Å². The van der Waals surface area contributed by atoms with Gasteiger partial charge in [-0.2, -0.15) is 26.3 Å². The van der Waals surface area contributed by atoms with Gasteiger partial charge in [0.2, 0.25) is 0 Å². The Labute approximate surface area is 699 Å². The van der Waals surface area contributed by atoms with Crippen molar-refractivity contribution >= 4 is 80.2 Å². The number of benzene rings is 2. The summed E-state index contributed by atoms with van der Waals surface area (Å²) >= 11 is 0. The molecule has 8 aliphatic carbocycles. The Morgan fingerprint density at radius 3 is 1.22 bits per heavy atom. The van der Waals surface area contributed by atoms with Crippen molar-refractivity contribution < 1.29 is 83.5 Å². The number of hydrogen-bond acceptors (Lipinski definition) is 14. The molecule has 642 valence electrons. The molecule has 2 aromatic carbocycles. The van der Waals surface area contributed by atoms with Crippen LogP contribution in [0.3, 0.4) is 0 Å². The highest BCUT2D eigenvalue weighted by Crippen LogP contribution is 2.72. The summed E-state index contributed by atoms with van der Waals surface area (Å²) in [5, 5.41) is 0. The summed E-state index contributed by atoms with van der Waals surface area (Å²) in [6.45, 7) is 29.2. The molecule has 16 nitrogen and oxygen atoms in total. The quantitative estimate of drug-likeness (QED) is 0.0919. The van der Waals surface area contributed by atoms with E-state index in [0.29, 0.717) is 114 Å². The fraction of sp³-hybridized carbons (Fsp3) is 0.612. The Morgan fingerprint density at radius 1 is 0.475 bits per heavy atom. The van der Waals surface area contributed by atoms with E-state index in [1.165, 1.54) is 0 Å². The SMILES string of the molecule is CCC1=C(C)c2nc1cc1[nH]c(c(C)c1CC)c1c3nc(cc4[nH]c(c(C)c4CC)c2-c2cccc(c2)C(=O)O[C@@H]2CC[C@@]4(C)[C@@H](C2)C[C@H]2OC(=O)CC[C@@H](C)[C@H]5CC[C@H]6[C@@H]7[C@@H](C[C@@H]8C[C@@H](CC[C@]8(C)[C@H]7C[C@H](OC(=O)C(F)(F)F)[C@]56C)OC(=O)c5cccc-1c5)OC(=O)CC[C@@H](C)[C@H]1CC[C@H]5[C@H]2[C@@H]4C[C@H](OC(=O)C(F)(F)F)[C@]15C)C(CC)=C3C. The summed E-state index contributed by atoms with van der Waals surface area (Å²) in [5.41, 5.74) is 14.7. The summed E-state index contributed by atoms with van der Waals surface area (Å²) < 4.78 is 129. The van der Waals surface area contributed by atoms with Crippen molar-refractivity contribution in [1.29, 1.82) is 0 Å². The topological polar surface area (TPSA) is 215 Å². The van der Waals surface area contributed by atoms with Crippen LogP contribution in [0.25, 0.3) is 66.6 Å². The van der Waals surface area contributed by atoms with Crippen LogP contribution in [0.15, 0.2) is 60.7 Å². The smallest absolute Gasteiger partial charge is 0.462 e. The standard InChI is InChI=1S/C98H116F6N4O12/c1-15-61-49(7)85-81-53-21-19-23-55(37-53)89(111)115-59-33-35-93(11)57(39-59)41-75-83-67-29-27-65(95(67,13)77(43-69(83)93)119-91(113)97(99,100)101)48(6)26-32-80(110)118-76-42-58-40-60(34-36-94(58,12)70-44-78(120-92(114)98(102,103)104)96(14)66(28-30-68(96)84(70)76)47(5)25-31-79(109)117-75)116-90(112)56-24-20-22-54(38-56)82(87-50(8)62(16-2)72(106-87)45-71(61)105-85)88-52(10)64(18-4)74(108-88)46-73-63(17-3)51(9)86(81)107-73/h19-24,37-38,45-48,57-60,65-70,75-78,83-84,105,108H,15-18,25-36,39-44H2,1-14H3/t47-,48-,57+,58+,59-,60-,65-,66-,67+,68+,69+,70+,75-,76-,77+,78+,83+,84+,93+,94+,95-,96-/m1/s1. The van der Waals surface area contributed by atoms with Gasteiger partial charge in [0.1, 0.15) is 36.6 Å². The predicted molar refractivity (Wildman–Crippen MR) is 444 cm³/mol. The van der Waals surface area contributed by atoms with E-state index in [0.717, 1.165) is 112 Å². The first kappa shape index (κ1) is 83.7. The highest BCUT2D eigenvalue weighted by molar-refractivity contribution is 6.05. The summed E-state index contributed by atoms with van der Waals surface area (Å²) in [7, 11) is 0. The van der Waals surface area contributed by atoms with Gasteiger partial charge in [-0.25, -0.2) is 29.1 Å². The Balaban J connectivity index is 0.854. The predicted octanol–water partition coefficient (Wildman–Crippen LogP) is 22.5. The van der Waals surface area contributed by atoms with Crippen molar-refractivity contribution in [3.8, 4) is 22.3 Å². The molecule has 25 rings (SSSR count). The van der Waals surface area contributed by atoms with Crippen molar-refractivity contribution in [3.63, 3.8) is 0 Å². The van der Waals surface area contributed by atoms with Crippen LogP contribution >= 0.6 is 0 Å². The number of hydrogen-bond donors (Lipinski definition) is 2. The van der Waals surface area contributed by atoms with Crippen LogP contribution in [0.1, 0.15) is 277 Å². The monoisotopic (exact) mass is 1650 g/mol. The minimum atomic E-state index is -5.32. The number of ether oxygens (including phenoxy) is 6. The number of aromatic nitrogens is 4. The zero-order valence-corrected chi connectivity index (χ0v) is 71.8. The van der Waals surface area contributed by atoms with Gasteiger partial charge >= 0.3 is 48.2 Å². The lowest BCUT2D eigenvalue weighted by Crippen LogP contribution is -2.64. The number of fused-ring (bicyclic) bond motifs is 1. The summed E-state index contributed by atoms with van der Waals surface area (Å²) in [6, 6.07) is 19.3. The average molecular weight is 1660 g/mol. The van der Waals surface area contributed by atoms with Crippen molar-refractivity contribution in [2.75, 3.05) is 0 Å². The number of rotatable bonds is 6. The van der Waals surface area contributed by atoms with E-state index in [-0.39, 0.29) is 74.0 Å². The normalized spacial score (nSPS) is 35.0. The van der Waals surface area contributed by atoms with Crippen LogP contribution in [0.4, 0.5) is 26.3 Å². The van der Waals surface area contributed by atoms with Gasteiger partial charge in [-0.1, -0.05) is 93.5 Å². The first-order valence-electron chi connectivity index (χ1n) is 44.7. The van der Waals surface area contributed by atoms with E-state index in [1.54, 1.807) is 12.1 Å². The number of esters is 6. The van der Waals surface area contributed by atoms with E-state index in [4.69, 9.17) is 38.4 Å². The third-order valence-electron chi connectivity index (χ3n) is 33.8. The second kappa shape index (κ2) is 30.7. The van der Waals surface area contributed by atoms with Crippen LogP contribution in [0.2, 0.25) is 0 Å². The molecular weight excluding hydrogens is 1540 g/mol. The average Bonchev–Trinajstić information content (AvgIpc) is 1.15. The van der Waals surface area contributed by atoms with Gasteiger partial charge < -0.3 is 38.4 Å². The largest absolute Gasteiger partial charge is 0.490 e. The maximum absolute atomic E-state index is 15.4. The second-order valence-corrected chi connectivity index (χ2v) is 39.1. The zero-order valence-electron chi connectivity index (χ0n) is 71.8. The Kier molecular flexibility index (Phi) is 21.4. The number of alkyl halides is 6. The Hall–Kier alpha value is -8.56. The van der Waals surface area contributed by atoms with Crippen LogP contribution in [0.5, 0.6) is 0 Å². The number of allylic oxidation sites excluding steroid dienone is 4. The molecule has 12 aliphatic heterocycles. The molecule has 0 radical (unpaired) electrons. The maximum Gasteiger partial charge on any atom is 0.490 e. The highest BCUT2D eigenvalue weighted by atomic mass is 19.4. The summed E-state index contributed by atoms with van der Waals surface area (Å²) in [4.78, 5) is 108. The lowest BCUT2D eigenvalue weighted by Gasteiger charge is -2.64. The van der Waals surface area contributed by atoms with E-state index >= 15 is 19.2 Å². The number of nitrogens with one attached hydrogen (secondary N) is 2. The van der Waals surface area contributed by atoms with Gasteiger partial charge in [0.25, 0.3) is 0 Å². The van der Waals surface area contributed by atoms with Crippen molar-refractivity contribution in [2.24, 2.45) is 92.7 Å². The number of halogens is 6. The number of H-pyrrole nitrogens is 2. The van der Waals surface area contributed by atoms with Crippen LogP contribution in [-0.4, -0.2) is 105 Å². The summed E-state index contributed by atoms with van der Waals surface area (Å²) in [6.07, 6.45) is -7.74. The molecule has 9 fully saturated rings. The number of carbonyl (C=O) groups excluding carboxylic acids is 6. The zero-order chi connectivity index (χ0) is 85.3. The fourth-order valence-corrected chi connectivity index (χ4v) is 27.8. The molecule has 0 unspecified atom stereocenters. The molecule has 8 saturated carbocycles. The van der Waals surface area contributed by atoms with Gasteiger partial charge in [-0.3, -0.25) is 9.59 Å². The lowest BCUT2D eigenvalue weighted by molar-refractivity contribution is -0.243. The minimum absolute atomic E-state index is 0.0330. The van der Waals surface area contributed by atoms with Crippen molar-refractivity contribution in [2.45, 2.75) is 287 Å². The van der Waals surface area contributed by atoms with Gasteiger partial charge in [-0.05, 0) is 318 Å². The minimum Gasteiger partial charge on any atom is -0.462 e. The third-order valence-corrected chi connectivity index (χ3v) is 33.8. The Morgan fingerprint density at radius 2 is 0.850 bits per heavy atom. The molecule has 20 aliphatic rings. The molecule has 0 spiro atoms. The molecule has 5 aromatic rings. The molecule has 22 atom stereocenters. The summed E-state index contributed by atoms with van der Waals surface area (Å²) in [5.74, 6) is -11.3. The molecule has 22 heteroatoms. The molecular formula is C98H116F6N4O12. The van der Waals surface area contributed by atoms with Gasteiger partial charge in [0.15, 0.2) is 0 Å². The first-order valence-corrected chi connectivity index (χ1v) is 44.7. The lowest BCUT2D eigenvalue weighted by atomic mass is 9.43. The van der Waals surface area contributed by atoms with Crippen LogP contribution in [0, 0.1) is 107 Å². The highest BCUT2D eigenvalue weighted by Gasteiger charge is 2.71. The van der Waals surface area contributed by atoms with Crippen LogP contribution < -0.4 is 0 Å². The van der Waals surface area contributed by atoms with Crippen molar-refractivity contribution in [3.05, 3.63) is 117 Å². The number of carbonyl (C=O) groups is 6. The third kappa shape index (κ3) is 13.6. The number of aromatic amines is 2. The van der Waals surface area contributed by atoms with Gasteiger partial charge in [-0.15, -0.1) is 0 Å². The maximum atomic E-state index is 15.4. The second-order valence-electron chi connectivity index (χ2n) is 39.1. The van der Waals surface area contributed by atoms with E-state index in [1.807, 2.05) is 64.1 Å². The van der Waals surface area contributed by atoms with E-state index < -0.39 is 142 Å². The first-order chi connectivity index (χ1) is 56.9. The number of aryl methyl sites for hydroxylation is 4. The molecule has 32 bridgehead atoms. The Bertz CT molecular complexity index is 4960. The van der Waals surface area contributed by atoms with Crippen molar-refractivity contribution in [1.82, 2.24) is 19.9 Å². The van der Waals surface area contributed by atoms with Gasteiger partial charge in [0, 0.05) is 57.7 Å². The molecule has 1 saturated heterocycles. The molecule has 15 heterocycles. The van der Waals surface area contributed by atoms with Gasteiger partial charge in [0.05, 0.1) is 44.9 Å². The fourth-order valence-electron chi connectivity index (χ4n) is 27.8. The molecule has 120 heavy (non-hydrogen) atoms. The van der Waals surface area contributed by atoms with E-state index in [9.17, 15) is 35.9 Å². The molecule has 0 amide bonds. The molecule has 2 N–H and O–H groups in total. The van der Waals surface area contributed by atoms with E-state index in [2.05, 4.69) is 91.3 Å². The number of nitrogens with zero attached hydrogens (tertiary/aromatic N) is 2.